The molecule has 0 aromatic heterocycles. The smallest absolute Gasteiger partial charge is 0.337 e. The van der Waals surface area contributed by atoms with Gasteiger partial charge < -0.3 is 19.7 Å². The van der Waals surface area contributed by atoms with E-state index in [2.05, 4.69) is 10.2 Å². The number of hydrogen-bond acceptors (Lipinski definition) is 5. The van der Waals surface area contributed by atoms with E-state index in [0.29, 0.717) is 30.0 Å². The Morgan fingerprint density at radius 1 is 1.00 bits per heavy atom. The van der Waals surface area contributed by atoms with Crippen molar-refractivity contribution in [2.45, 2.75) is 13.8 Å². The number of hydrogen-bond donors (Lipinski definition) is 1. The van der Waals surface area contributed by atoms with E-state index >= 15 is 0 Å². The minimum Gasteiger partial charge on any atom is -0.465 e. The molecule has 0 spiro atoms. The van der Waals surface area contributed by atoms with Crippen molar-refractivity contribution < 1.29 is 19.1 Å². The summed E-state index contributed by atoms with van der Waals surface area (Å²) in [5.41, 5.74) is 4.61. The van der Waals surface area contributed by atoms with E-state index in [-0.39, 0.29) is 5.91 Å². The summed E-state index contributed by atoms with van der Waals surface area (Å²) in [6, 6.07) is 10.8. The molecule has 3 rings (SSSR count). The van der Waals surface area contributed by atoms with Crippen LogP contribution in [0.4, 0.5) is 11.4 Å². The number of amides is 1. The van der Waals surface area contributed by atoms with Crippen molar-refractivity contribution in [1.29, 1.82) is 0 Å². The van der Waals surface area contributed by atoms with Crippen molar-refractivity contribution in [1.82, 2.24) is 0 Å². The zero-order valence-electron chi connectivity index (χ0n) is 15.9. The largest absolute Gasteiger partial charge is 0.465 e. The third kappa shape index (κ3) is 4.28. The van der Waals surface area contributed by atoms with Crippen molar-refractivity contribution >= 4 is 23.3 Å². The normalized spacial score (nSPS) is 14.0. The second-order valence-corrected chi connectivity index (χ2v) is 6.58. The maximum atomic E-state index is 12.8. The second-order valence-electron chi connectivity index (χ2n) is 6.58. The predicted molar refractivity (Wildman–Crippen MR) is 105 cm³/mol. The average molecular weight is 368 g/mol. The minimum absolute atomic E-state index is 0.213. The van der Waals surface area contributed by atoms with Gasteiger partial charge in [-0.1, -0.05) is 6.07 Å². The number of rotatable bonds is 4. The SMILES string of the molecule is COC(=O)c1ccc(N2CCOCC2)c(NC(=O)c2ccc(C)c(C)c2)c1. The van der Waals surface area contributed by atoms with Crippen LogP contribution in [-0.4, -0.2) is 45.3 Å². The van der Waals surface area contributed by atoms with Crippen LogP contribution in [0.5, 0.6) is 0 Å². The Morgan fingerprint density at radius 2 is 1.70 bits per heavy atom. The Balaban J connectivity index is 1.93. The van der Waals surface area contributed by atoms with Gasteiger partial charge >= 0.3 is 5.97 Å². The van der Waals surface area contributed by atoms with E-state index in [4.69, 9.17) is 9.47 Å². The molecule has 1 fully saturated rings. The van der Waals surface area contributed by atoms with E-state index in [1.165, 1.54) is 7.11 Å². The molecule has 1 heterocycles. The van der Waals surface area contributed by atoms with Gasteiger partial charge in [0.05, 0.1) is 37.3 Å². The number of carbonyl (C=O) groups is 2. The van der Waals surface area contributed by atoms with E-state index in [1.807, 2.05) is 32.0 Å². The molecule has 142 valence electrons. The maximum Gasteiger partial charge on any atom is 0.337 e. The van der Waals surface area contributed by atoms with E-state index in [1.54, 1.807) is 18.2 Å². The predicted octanol–water partition coefficient (Wildman–Crippen LogP) is 3.18. The van der Waals surface area contributed by atoms with Crippen molar-refractivity contribution in [3.63, 3.8) is 0 Å². The summed E-state index contributed by atoms with van der Waals surface area (Å²) in [6.45, 7) is 6.69. The van der Waals surface area contributed by atoms with Gasteiger partial charge in [-0.25, -0.2) is 4.79 Å². The summed E-state index contributed by atoms with van der Waals surface area (Å²) >= 11 is 0. The summed E-state index contributed by atoms with van der Waals surface area (Å²) in [5, 5.41) is 2.96. The number of morpholine rings is 1. The van der Waals surface area contributed by atoms with Crippen LogP contribution in [0.2, 0.25) is 0 Å². The van der Waals surface area contributed by atoms with Crippen molar-refractivity contribution in [3.8, 4) is 0 Å². The lowest BCUT2D eigenvalue weighted by atomic mass is 10.1. The Kier molecular flexibility index (Phi) is 5.76. The van der Waals surface area contributed by atoms with Crippen molar-refractivity contribution in [3.05, 3.63) is 58.7 Å². The monoisotopic (exact) mass is 368 g/mol. The minimum atomic E-state index is -0.440. The number of nitrogens with one attached hydrogen (secondary N) is 1. The van der Waals surface area contributed by atoms with Gasteiger partial charge in [-0.3, -0.25) is 4.79 Å². The number of benzene rings is 2. The molecule has 0 radical (unpaired) electrons. The number of carbonyl (C=O) groups excluding carboxylic acids is 2. The fourth-order valence-corrected chi connectivity index (χ4v) is 3.04. The molecule has 0 bridgehead atoms. The average Bonchev–Trinajstić information content (AvgIpc) is 2.70. The van der Waals surface area contributed by atoms with Crippen LogP contribution in [0.3, 0.4) is 0 Å². The molecule has 1 N–H and O–H groups in total. The molecule has 0 atom stereocenters. The van der Waals surface area contributed by atoms with Crippen LogP contribution >= 0.6 is 0 Å². The van der Waals surface area contributed by atoms with Crippen molar-refractivity contribution in [2.75, 3.05) is 43.6 Å². The van der Waals surface area contributed by atoms with E-state index in [0.717, 1.165) is 29.9 Å². The Labute approximate surface area is 159 Å². The van der Waals surface area contributed by atoms with E-state index in [9.17, 15) is 9.59 Å². The van der Waals surface area contributed by atoms with E-state index < -0.39 is 5.97 Å². The second kappa shape index (κ2) is 8.22. The lowest BCUT2D eigenvalue weighted by Gasteiger charge is -2.30. The summed E-state index contributed by atoms with van der Waals surface area (Å²) in [5.74, 6) is -0.653. The molecule has 2 aromatic rings. The first-order chi connectivity index (χ1) is 13.0. The molecular formula is C21H24N2O4. The number of aryl methyl sites for hydroxylation is 2. The number of anilines is 2. The summed E-state index contributed by atoms with van der Waals surface area (Å²) in [7, 11) is 1.34. The van der Waals surface area contributed by atoms with Crippen LogP contribution in [-0.2, 0) is 9.47 Å². The first kappa shape index (κ1) is 18.9. The number of nitrogens with zero attached hydrogens (tertiary/aromatic N) is 1. The fourth-order valence-electron chi connectivity index (χ4n) is 3.04. The third-order valence-corrected chi connectivity index (χ3v) is 4.79. The Morgan fingerprint density at radius 3 is 2.37 bits per heavy atom. The maximum absolute atomic E-state index is 12.8. The molecule has 6 nitrogen and oxygen atoms in total. The van der Waals surface area contributed by atoms with Crippen LogP contribution in [0.15, 0.2) is 36.4 Å². The molecule has 1 amide bonds. The molecule has 0 saturated carbocycles. The molecule has 1 aliphatic rings. The highest BCUT2D eigenvalue weighted by Gasteiger charge is 2.19. The van der Waals surface area contributed by atoms with Gasteiger partial charge in [0.15, 0.2) is 0 Å². The van der Waals surface area contributed by atoms with Gasteiger partial charge in [0.1, 0.15) is 0 Å². The van der Waals surface area contributed by atoms with Gasteiger partial charge in [-0.2, -0.15) is 0 Å². The van der Waals surface area contributed by atoms with Gasteiger partial charge in [-0.15, -0.1) is 0 Å². The van der Waals surface area contributed by atoms with Crippen molar-refractivity contribution in [2.24, 2.45) is 0 Å². The molecule has 27 heavy (non-hydrogen) atoms. The molecule has 0 unspecified atom stereocenters. The van der Waals surface area contributed by atoms with Crippen LogP contribution in [0.1, 0.15) is 31.8 Å². The third-order valence-electron chi connectivity index (χ3n) is 4.79. The first-order valence-corrected chi connectivity index (χ1v) is 8.93. The summed E-state index contributed by atoms with van der Waals surface area (Å²) in [6.07, 6.45) is 0. The quantitative estimate of drug-likeness (QED) is 0.840. The topological polar surface area (TPSA) is 67.9 Å². The lowest BCUT2D eigenvalue weighted by Crippen LogP contribution is -2.36. The van der Waals surface area contributed by atoms with Crippen LogP contribution in [0.25, 0.3) is 0 Å². The Hall–Kier alpha value is -2.86. The summed E-state index contributed by atoms with van der Waals surface area (Å²) in [4.78, 5) is 26.9. The van der Waals surface area contributed by atoms with Crippen LogP contribution < -0.4 is 10.2 Å². The molecular weight excluding hydrogens is 344 g/mol. The highest BCUT2D eigenvalue weighted by Crippen LogP contribution is 2.29. The zero-order chi connectivity index (χ0) is 19.4. The molecule has 0 aliphatic carbocycles. The standard InChI is InChI=1S/C21H24N2O4/c1-14-4-5-16(12-15(14)2)20(24)22-18-13-17(21(25)26-3)6-7-19(18)23-8-10-27-11-9-23/h4-7,12-13H,8-11H2,1-3H3,(H,22,24). The van der Waals surface area contributed by atoms with Gasteiger partial charge in [0.25, 0.3) is 5.91 Å². The molecule has 1 aliphatic heterocycles. The highest BCUT2D eigenvalue weighted by molar-refractivity contribution is 6.07. The van der Waals surface area contributed by atoms with Gasteiger partial charge in [-0.05, 0) is 55.3 Å². The van der Waals surface area contributed by atoms with Crippen LogP contribution in [0, 0.1) is 13.8 Å². The molecule has 1 saturated heterocycles. The molecule has 2 aromatic carbocycles. The highest BCUT2D eigenvalue weighted by atomic mass is 16.5. The number of methoxy groups -OCH3 is 1. The zero-order valence-corrected chi connectivity index (χ0v) is 15.9. The van der Waals surface area contributed by atoms with Gasteiger partial charge in [0, 0.05) is 18.7 Å². The summed E-state index contributed by atoms with van der Waals surface area (Å²) < 4.78 is 10.2. The number of esters is 1. The Bertz CT molecular complexity index is 857. The van der Waals surface area contributed by atoms with Gasteiger partial charge in [0.2, 0.25) is 0 Å². The lowest BCUT2D eigenvalue weighted by molar-refractivity contribution is 0.0600. The molecule has 6 heteroatoms. The fraction of sp³-hybridized carbons (Fsp3) is 0.333. The first-order valence-electron chi connectivity index (χ1n) is 8.93. The number of ether oxygens (including phenoxy) is 2.